The number of imidazole rings is 1. The number of nitrogens with one attached hydrogen (secondary N) is 2. The lowest BCUT2D eigenvalue weighted by molar-refractivity contribution is 0.604. The van der Waals surface area contributed by atoms with Crippen LogP contribution in [-0.2, 0) is 6.42 Å². The Hall–Kier alpha value is -1.98. The third-order valence-corrected chi connectivity index (χ3v) is 2.40. The van der Waals surface area contributed by atoms with E-state index in [9.17, 15) is 4.39 Å². The molecule has 0 aliphatic carbocycles. The van der Waals surface area contributed by atoms with Crippen molar-refractivity contribution in [3.05, 3.63) is 36.1 Å². The van der Waals surface area contributed by atoms with Gasteiger partial charge in [-0.1, -0.05) is 0 Å². The van der Waals surface area contributed by atoms with Crippen LogP contribution in [0.1, 0.15) is 17.9 Å². The molecule has 17 heavy (non-hydrogen) atoms. The predicted octanol–water partition coefficient (Wildman–Crippen LogP) is 1.69. The van der Waals surface area contributed by atoms with Gasteiger partial charge in [0.15, 0.2) is 11.6 Å². The Morgan fingerprint density at radius 2 is 2.24 bits per heavy atom. The quantitative estimate of drug-likeness (QED) is 0.774. The highest BCUT2D eigenvalue weighted by Gasteiger charge is 2.06. The zero-order valence-corrected chi connectivity index (χ0v) is 9.57. The maximum Gasteiger partial charge on any atom is 0.186 e. The van der Waals surface area contributed by atoms with Gasteiger partial charge in [-0.15, -0.1) is 0 Å². The van der Waals surface area contributed by atoms with Crippen LogP contribution >= 0.6 is 0 Å². The fourth-order valence-corrected chi connectivity index (χ4v) is 1.48. The highest BCUT2D eigenvalue weighted by Crippen LogP contribution is 2.11. The van der Waals surface area contributed by atoms with E-state index in [0.717, 1.165) is 18.7 Å². The fraction of sp³-hybridized carbons (Fsp3) is 0.364. The molecule has 0 aromatic carbocycles. The molecule has 0 unspecified atom stereocenters. The maximum atomic E-state index is 13.5. The van der Waals surface area contributed by atoms with Crippen LogP contribution in [0.5, 0.6) is 0 Å². The van der Waals surface area contributed by atoms with Crippen molar-refractivity contribution >= 4 is 5.82 Å². The van der Waals surface area contributed by atoms with Gasteiger partial charge in [0.2, 0.25) is 0 Å². The summed E-state index contributed by atoms with van der Waals surface area (Å²) in [7, 11) is 0. The third kappa shape index (κ3) is 2.99. The maximum absolute atomic E-state index is 13.5. The van der Waals surface area contributed by atoms with Crippen molar-refractivity contribution in [1.29, 1.82) is 0 Å². The van der Waals surface area contributed by atoms with Crippen LogP contribution in [0.3, 0.4) is 0 Å². The Morgan fingerprint density at radius 3 is 3.00 bits per heavy atom. The average Bonchev–Trinajstić information content (AvgIpc) is 2.83. The summed E-state index contributed by atoms with van der Waals surface area (Å²) in [6.07, 6.45) is 6.54. The standard InChI is InChI=1S/C11H14FN5/c1-8-10(12)11(17-7-16-8)15-4-2-3-9-13-5-6-14-9/h5-7H,2-4H2,1H3,(H,13,14)(H,15,16,17). The van der Waals surface area contributed by atoms with E-state index >= 15 is 0 Å². The van der Waals surface area contributed by atoms with Gasteiger partial charge in [0.25, 0.3) is 0 Å². The number of aromatic nitrogens is 4. The first kappa shape index (κ1) is 11.5. The van der Waals surface area contributed by atoms with Gasteiger partial charge in [-0.25, -0.2) is 19.3 Å². The normalized spacial score (nSPS) is 10.5. The number of aromatic amines is 1. The molecule has 0 aliphatic rings. The number of anilines is 1. The highest BCUT2D eigenvalue weighted by molar-refractivity contribution is 5.36. The summed E-state index contributed by atoms with van der Waals surface area (Å²) in [5.74, 6) is 0.814. The molecule has 0 amide bonds. The van der Waals surface area contributed by atoms with Crippen molar-refractivity contribution in [2.45, 2.75) is 19.8 Å². The summed E-state index contributed by atoms with van der Waals surface area (Å²) in [4.78, 5) is 14.7. The molecule has 90 valence electrons. The smallest absolute Gasteiger partial charge is 0.186 e. The van der Waals surface area contributed by atoms with Crippen LogP contribution in [-0.4, -0.2) is 26.5 Å². The van der Waals surface area contributed by atoms with Crippen molar-refractivity contribution < 1.29 is 4.39 Å². The van der Waals surface area contributed by atoms with Gasteiger partial charge < -0.3 is 10.3 Å². The molecule has 2 rings (SSSR count). The molecular weight excluding hydrogens is 221 g/mol. The number of H-pyrrole nitrogens is 1. The highest BCUT2D eigenvalue weighted by atomic mass is 19.1. The van der Waals surface area contributed by atoms with Gasteiger partial charge in [0.1, 0.15) is 12.2 Å². The minimum atomic E-state index is -0.384. The summed E-state index contributed by atoms with van der Waals surface area (Å²) in [5.41, 5.74) is 0.355. The average molecular weight is 235 g/mol. The molecule has 0 fully saturated rings. The molecular formula is C11H14FN5. The van der Waals surface area contributed by atoms with E-state index < -0.39 is 0 Å². The molecule has 0 bridgehead atoms. The summed E-state index contributed by atoms with van der Waals surface area (Å²) in [5, 5.41) is 2.95. The Kier molecular flexibility index (Phi) is 3.64. The minimum absolute atomic E-state index is 0.261. The second kappa shape index (κ2) is 5.38. The lowest BCUT2D eigenvalue weighted by atomic mass is 10.3. The lowest BCUT2D eigenvalue weighted by Gasteiger charge is -2.06. The minimum Gasteiger partial charge on any atom is -0.368 e. The van der Waals surface area contributed by atoms with E-state index in [1.165, 1.54) is 6.33 Å². The van der Waals surface area contributed by atoms with Crippen LogP contribution < -0.4 is 5.32 Å². The van der Waals surface area contributed by atoms with Crippen molar-refractivity contribution in [2.24, 2.45) is 0 Å². The molecule has 0 aliphatic heterocycles. The van der Waals surface area contributed by atoms with Crippen LogP contribution in [0, 0.1) is 12.7 Å². The number of hydrogen-bond acceptors (Lipinski definition) is 4. The summed E-state index contributed by atoms with van der Waals surface area (Å²) >= 11 is 0. The zero-order valence-electron chi connectivity index (χ0n) is 9.57. The van der Waals surface area contributed by atoms with Gasteiger partial charge >= 0.3 is 0 Å². The molecule has 0 saturated carbocycles. The molecule has 2 heterocycles. The number of nitrogens with zero attached hydrogens (tertiary/aromatic N) is 3. The van der Waals surface area contributed by atoms with Crippen molar-refractivity contribution in [3.8, 4) is 0 Å². The van der Waals surface area contributed by atoms with Gasteiger partial charge in [0.05, 0.1) is 5.69 Å². The molecule has 0 saturated heterocycles. The van der Waals surface area contributed by atoms with E-state index in [4.69, 9.17) is 0 Å². The Morgan fingerprint density at radius 1 is 1.35 bits per heavy atom. The second-order valence-corrected chi connectivity index (χ2v) is 3.69. The molecule has 2 N–H and O–H groups in total. The topological polar surface area (TPSA) is 66.5 Å². The summed E-state index contributed by atoms with van der Waals surface area (Å²) < 4.78 is 13.5. The monoisotopic (exact) mass is 235 g/mol. The van der Waals surface area contributed by atoms with Crippen molar-refractivity contribution in [3.63, 3.8) is 0 Å². The predicted molar refractivity (Wildman–Crippen MR) is 62.1 cm³/mol. The molecule has 6 heteroatoms. The first-order valence-electron chi connectivity index (χ1n) is 5.46. The molecule has 2 aromatic heterocycles. The number of hydrogen-bond donors (Lipinski definition) is 2. The van der Waals surface area contributed by atoms with Gasteiger partial charge in [-0.3, -0.25) is 0 Å². The second-order valence-electron chi connectivity index (χ2n) is 3.69. The molecule has 0 atom stereocenters. The van der Waals surface area contributed by atoms with Gasteiger partial charge in [0, 0.05) is 25.4 Å². The zero-order chi connectivity index (χ0) is 12.1. The SMILES string of the molecule is Cc1ncnc(NCCCc2ncc[nH]2)c1F. The Bertz CT molecular complexity index is 469. The van der Waals surface area contributed by atoms with E-state index in [1.54, 1.807) is 19.3 Å². The van der Waals surface area contributed by atoms with Crippen LogP contribution in [0.4, 0.5) is 10.2 Å². The largest absolute Gasteiger partial charge is 0.368 e. The van der Waals surface area contributed by atoms with Crippen LogP contribution in [0.15, 0.2) is 18.7 Å². The van der Waals surface area contributed by atoms with Crippen molar-refractivity contribution in [1.82, 2.24) is 19.9 Å². The van der Waals surface area contributed by atoms with E-state index in [0.29, 0.717) is 12.2 Å². The molecule has 0 radical (unpaired) electrons. The first-order chi connectivity index (χ1) is 8.27. The molecule has 0 spiro atoms. The summed E-state index contributed by atoms with van der Waals surface area (Å²) in [6, 6.07) is 0. The summed E-state index contributed by atoms with van der Waals surface area (Å²) in [6.45, 7) is 2.26. The van der Waals surface area contributed by atoms with Crippen LogP contribution in [0.25, 0.3) is 0 Å². The number of aryl methyl sites for hydroxylation is 2. The molecule has 2 aromatic rings. The Balaban J connectivity index is 1.80. The third-order valence-electron chi connectivity index (χ3n) is 2.40. The lowest BCUT2D eigenvalue weighted by Crippen LogP contribution is -2.08. The number of rotatable bonds is 5. The van der Waals surface area contributed by atoms with E-state index in [2.05, 4.69) is 25.3 Å². The molecule has 5 nitrogen and oxygen atoms in total. The van der Waals surface area contributed by atoms with Crippen molar-refractivity contribution in [2.75, 3.05) is 11.9 Å². The number of halogens is 1. The van der Waals surface area contributed by atoms with Gasteiger partial charge in [-0.2, -0.15) is 0 Å². The van der Waals surface area contributed by atoms with E-state index in [1.807, 2.05) is 0 Å². The first-order valence-corrected chi connectivity index (χ1v) is 5.46. The van der Waals surface area contributed by atoms with Gasteiger partial charge in [-0.05, 0) is 13.3 Å². The fourth-order valence-electron chi connectivity index (χ4n) is 1.48. The van der Waals surface area contributed by atoms with Crippen LogP contribution in [0.2, 0.25) is 0 Å². The van der Waals surface area contributed by atoms with E-state index in [-0.39, 0.29) is 11.6 Å². The Labute approximate surface area is 98.5 Å².